The van der Waals surface area contributed by atoms with E-state index >= 15 is 0 Å². The van der Waals surface area contributed by atoms with E-state index in [1.807, 2.05) is 24.3 Å². The summed E-state index contributed by atoms with van der Waals surface area (Å²) in [4.78, 5) is 14.8. The zero-order valence-corrected chi connectivity index (χ0v) is 13.8. The monoisotopic (exact) mass is 317 g/mol. The topological polar surface area (TPSA) is 20.3 Å². The molecule has 2 nitrogen and oxygen atoms in total. The standard InChI is InChI=1S/C19H23NO.ClH/c21-19(11-14-20-12-5-1-2-6-13-20)18-10-9-16-7-3-4-8-17(16)15-18;/h3-4,7-10,15H,1-2,5-6,11-14H2;1H. The summed E-state index contributed by atoms with van der Waals surface area (Å²) in [6, 6.07) is 14.3. The van der Waals surface area contributed by atoms with E-state index in [-0.39, 0.29) is 18.2 Å². The van der Waals surface area contributed by atoms with Crippen LogP contribution in [0.2, 0.25) is 0 Å². The van der Waals surface area contributed by atoms with Crippen molar-refractivity contribution in [1.29, 1.82) is 0 Å². The first-order valence-electron chi connectivity index (χ1n) is 8.07. The van der Waals surface area contributed by atoms with Crippen molar-refractivity contribution >= 4 is 29.0 Å². The van der Waals surface area contributed by atoms with Gasteiger partial charge in [0.25, 0.3) is 0 Å². The third kappa shape index (κ3) is 4.31. The molecule has 0 spiro atoms. The van der Waals surface area contributed by atoms with Gasteiger partial charge in [-0.1, -0.05) is 49.2 Å². The van der Waals surface area contributed by atoms with E-state index in [4.69, 9.17) is 0 Å². The van der Waals surface area contributed by atoms with Gasteiger partial charge in [-0.3, -0.25) is 4.79 Å². The lowest BCUT2D eigenvalue weighted by Gasteiger charge is -2.19. The first kappa shape index (κ1) is 17.0. The molecule has 0 unspecified atom stereocenters. The Morgan fingerprint density at radius 3 is 2.32 bits per heavy atom. The minimum atomic E-state index is 0. The van der Waals surface area contributed by atoms with Crippen LogP contribution >= 0.6 is 12.4 Å². The molecule has 0 aromatic heterocycles. The fourth-order valence-electron chi connectivity index (χ4n) is 3.13. The highest BCUT2D eigenvalue weighted by molar-refractivity contribution is 6.00. The molecule has 2 aromatic rings. The smallest absolute Gasteiger partial charge is 0.164 e. The number of nitrogens with zero attached hydrogens (tertiary/aromatic N) is 1. The highest BCUT2D eigenvalue weighted by Gasteiger charge is 2.12. The van der Waals surface area contributed by atoms with Crippen LogP contribution in [-0.2, 0) is 0 Å². The number of ketones is 1. The van der Waals surface area contributed by atoms with Gasteiger partial charge < -0.3 is 4.90 Å². The Labute approximate surface area is 138 Å². The molecule has 1 aliphatic rings. The number of likely N-dealkylation sites (tertiary alicyclic amines) is 1. The Balaban J connectivity index is 0.00000176. The molecule has 0 saturated carbocycles. The summed E-state index contributed by atoms with van der Waals surface area (Å²) >= 11 is 0. The molecule has 1 saturated heterocycles. The van der Waals surface area contributed by atoms with Crippen LogP contribution in [0, 0.1) is 0 Å². The van der Waals surface area contributed by atoms with E-state index < -0.39 is 0 Å². The zero-order valence-electron chi connectivity index (χ0n) is 13.0. The number of carbonyl (C=O) groups excluding carboxylic acids is 1. The van der Waals surface area contributed by atoms with E-state index in [0.717, 1.165) is 30.6 Å². The number of fused-ring (bicyclic) bond motifs is 1. The maximum absolute atomic E-state index is 12.4. The summed E-state index contributed by atoms with van der Waals surface area (Å²) in [5.41, 5.74) is 0.850. The second-order valence-corrected chi connectivity index (χ2v) is 5.99. The van der Waals surface area contributed by atoms with E-state index in [2.05, 4.69) is 23.1 Å². The van der Waals surface area contributed by atoms with E-state index in [1.54, 1.807) is 0 Å². The second kappa shape index (κ2) is 8.30. The lowest BCUT2D eigenvalue weighted by atomic mass is 10.0. The van der Waals surface area contributed by atoms with E-state index in [1.165, 1.54) is 31.1 Å². The summed E-state index contributed by atoms with van der Waals surface area (Å²) in [6.07, 6.45) is 5.89. The van der Waals surface area contributed by atoms with Crippen molar-refractivity contribution in [1.82, 2.24) is 4.90 Å². The van der Waals surface area contributed by atoms with Gasteiger partial charge in [-0.2, -0.15) is 0 Å². The summed E-state index contributed by atoms with van der Waals surface area (Å²) in [6.45, 7) is 3.22. The van der Waals surface area contributed by atoms with Crippen LogP contribution in [0.3, 0.4) is 0 Å². The summed E-state index contributed by atoms with van der Waals surface area (Å²) in [5.74, 6) is 0.269. The molecule has 3 heteroatoms. The Hall–Kier alpha value is -1.38. The van der Waals surface area contributed by atoms with Gasteiger partial charge >= 0.3 is 0 Å². The van der Waals surface area contributed by atoms with Crippen molar-refractivity contribution in [3.05, 3.63) is 48.0 Å². The van der Waals surface area contributed by atoms with Crippen LogP contribution in [0.25, 0.3) is 10.8 Å². The van der Waals surface area contributed by atoms with Gasteiger partial charge in [0.2, 0.25) is 0 Å². The first-order valence-corrected chi connectivity index (χ1v) is 8.07. The second-order valence-electron chi connectivity index (χ2n) is 5.99. The molecule has 118 valence electrons. The zero-order chi connectivity index (χ0) is 14.5. The van der Waals surface area contributed by atoms with Crippen LogP contribution < -0.4 is 0 Å². The van der Waals surface area contributed by atoms with E-state index in [9.17, 15) is 4.79 Å². The summed E-state index contributed by atoms with van der Waals surface area (Å²) < 4.78 is 0. The molecule has 0 bridgehead atoms. The van der Waals surface area contributed by atoms with Gasteiger partial charge in [0.05, 0.1) is 0 Å². The van der Waals surface area contributed by atoms with Gasteiger partial charge in [-0.15, -0.1) is 12.4 Å². The number of hydrogen-bond acceptors (Lipinski definition) is 2. The van der Waals surface area contributed by atoms with Crippen LogP contribution in [0.4, 0.5) is 0 Å². The Morgan fingerprint density at radius 2 is 1.59 bits per heavy atom. The van der Waals surface area contributed by atoms with Gasteiger partial charge in [0.1, 0.15) is 0 Å². The Kier molecular flexibility index (Phi) is 6.41. The fourth-order valence-corrected chi connectivity index (χ4v) is 3.13. The predicted octanol–water partition coefficient (Wildman–Crippen LogP) is 4.71. The number of carbonyl (C=O) groups is 1. The number of rotatable bonds is 4. The van der Waals surface area contributed by atoms with Crippen molar-refractivity contribution in [2.75, 3.05) is 19.6 Å². The molecule has 2 aromatic carbocycles. The van der Waals surface area contributed by atoms with Crippen molar-refractivity contribution in [3.8, 4) is 0 Å². The lowest BCUT2D eigenvalue weighted by Crippen LogP contribution is -2.27. The molecule has 0 N–H and O–H groups in total. The molecule has 3 rings (SSSR count). The third-order valence-electron chi connectivity index (χ3n) is 4.43. The van der Waals surface area contributed by atoms with Gasteiger partial charge in [-0.25, -0.2) is 0 Å². The van der Waals surface area contributed by atoms with Gasteiger partial charge in [0.15, 0.2) is 5.78 Å². The average molecular weight is 318 g/mol. The molecule has 1 fully saturated rings. The molecular weight excluding hydrogens is 294 g/mol. The molecule has 0 aliphatic carbocycles. The summed E-state index contributed by atoms with van der Waals surface area (Å²) in [5, 5.41) is 2.35. The Morgan fingerprint density at radius 1 is 0.909 bits per heavy atom. The normalized spacial score (nSPS) is 16.0. The number of hydrogen-bond donors (Lipinski definition) is 0. The average Bonchev–Trinajstić information content (AvgIpc) is 2.81. The van der Waals surface area contributed by atoms with Gasteiger partial charge in [-0.05, 0) is 42.8 Å². The SMILES string of the molecule is Cl.O=C(CCN1CCCCCC1)c1ccc2ccccc2c1. The third-order valence-corrected chi connectivity index (χ3v) is 4.43. The maximum atomic E-state index is 12.4. The first-order chi connectivity index (χ1) is 10.3. The summed E-state index contributed by atoms with van der Waals surface area (Å²) in [7, 11) is 0. The lowest BCUT2D eigenvalue weighted by molar-refractivity contribution is 0.0965. The largest absolute Gasteiger partial charge is 0.303 e. The molecule has 0 radical (unpaired) electrons. The number of halogens is 1. The fraction of sp³-hybridized carbons (Fsp3) is 0.421. The minimum Gasteiger partial charge on any atom is -0.303 e. The quantitative estimate of drug-likeness (QED) is 0.761. The molecule has 0 amide bonds. The molecule has 0 atom stereocenters. The minimum absolute atomic E-state index is 0. The number of benzene rings is 2. The molecule has 1 aliphatic heterocycles. The highest BCUT2D eigenvalue weighted by atomic mass is 35.5. The van der Waals surface area contributed by atoms with Crippen LogP contribution in [0.15, 0.2) is 42.5 Å². The van der Waals surface area contributed by atoms with Crippen LogP contribution in [0.5, 0.6) is 0 Å². The van der Waals surface area contributed by atoms with Crippen molar-refractivity contribution < 1.29 is 4.79 Å². The number of Topliss-reactive ketones (excluding diaryl/α,β-unsaturated/α-hetero) is 1. The van der Waals surface area contributed by atoms with Crippen LogP contribution in [0.1, 0.15) is 42.5 Å². The molecule has 22 heavy (non-hydrogen) atoms. The highest BCUT2D eigenvalue weighted by Crippen LogP contribution is 2.17. The molecule has 1 heterocycles. The van der Waals surface area contributed by atoms with Crippen molar-refractivity contribution in [2.45, 2.75) is 32.1 Å². The maximum Gasteiger partial charge on any atom is 0.164 e. The van der Waals surface area contributed by atoms with Gasteiger partial charge in [0, 0.05) is 18.5 Å². The predicted molar refractivity (Wildman–Crippen MR) is 95.1 cm³/mol. The van der Waals surface area contributed by atoms with Crippen molar-refractivity contribution in [3.63, 3.8) is 0 Å². The van der Waals surface area contributed by atoms with Crippen molar-refractivity contribution in [2.24, 2.45) is 0 Å². The molecular formula is C19H24ClNO. The Bertz CT molecular complexity index is 618. The van der Waals surface area contributed by atoms with Crippen LogP contribution in [-0.4, -0.2) is 30.3 Å². The van der Waals surface area contributed by atoms with E-state index in [0.29, 0.717) is 6.42 Å².